The summed E-state index contributed by atoms with van der Waals surface area (Å²) in [7, 11) is 0. The minimum atomic E-state index is -4.86. The normalized spacial score (nSPS) is 11.2. The number of hydrogen-bond donors (Lipinski definition) is 1. The SMILES string of the molecule is O=C(Nc1ccc(Br)cc1OC(F)(F)F)c1ccco1. The molecule has 106 valence electrons. The average Bonchev–Trinajstić information content (AvgIpc) is 2.84. The fraction of sp³-hybridized carbons (Fsp3) is 0.0833. The molecular weight excluding hydrogens is 343 g/mol. The molecular formula is C12H7BrF3NO3. The van der Waals surface area contributed by atoms with Gasteiger partial charge in [0.15, 0.2) is 11.5 Å². The van der Waals surface area contributed by atoms with Gasteiger partial charge in [0.2, 0.25) is 0 Å². The van der Waals surface area contributed by atoms with Crippen molar-refractivity contribution in [3.8, 4) is 5.75 Å². The Hall–Kier alpha value is -1.96. The van der Waals surface area contributed by atoms with E-state index in [1.54, 1.807) is 0 Å². The minimum Gasteiger partial charge on any atom is -0.459 e. The smallest absolute Gasteiger partial charge is 0.459 e. The molecule has 0 aliphatic carbocycles. The number of benzene rings is 1. The van der Waals surface area contributed by atoms with Gasteiger partial charge in [-0.3, -0.25) is 4.79 Å². The fourth-order valence-corrected chi connectivity index (χ4v) is 1.74. The average molecular weight is 350 g/mol. The van der Waals surface area contributed by atoms with Gasteiger partial charge in [-0.05, 0) is 30.3 Å². The number of halogens is 4. The van der Waals surface area contributed by atoms with Crippen LogP contribution < -0.4 is 10.1 Å². The van der Waals surface area contributed by atoms with Gasteiger partial charge in [-0.2, -0.15) is 0 Å². The van der Waals surface area contributed by atoms with Gasteiger partial charge in [0.05, 0.1) is 12.0 Å². The molecule has 0 atom stereocenters. The van der Waals surface area contributed by atoms with E-state index in [2.05, 4.69) is 26.0 Å². The summed E-state index contributed by atoms with van der Waals surface area (Å²) in [6, 6.07) is 6.74. The van der Waals surface area contributed by atoms with E-state index in [-0.39, 0.29) is 11.4 Å². The lowest BCUT2D eigenvalue weighted by atomic mass is 10.3. The van der Waals surface area contributed by atoms with Crippen molar-refractivity contribution in [1.29, 1.82) is 0 Å². The Bertz CT molecular complexity index is 611. The molecule has 0 bridgehead atoms. The number of nitrogens with one attached hydrogen (secondary N) is 1. The zero-order chi connectivity index (χ0) is 14.8. The fourth-order valence-electron chi connectivity index (χ4n) is 1.40. The lowest BCUT2D eigenvalue weighted by Crippen LogP contribution is -2.19. The quantitative estimate of drug-likeness (QED) is 0.903. The Morgan fingerprint density at radius 3 is 2.65 bits per heavy atom. The first kappa shape index (κ1) is 14.4. The Kier molecular flexibility index (Phi) is 4.03. The standard InChI is InChI=1S/C12H7BrF3NO3/c13-7-3-4-8(10(6-7)20-12(14,15)16)17-11(18)9-2-1-5-19-9/h1-6H,(H,17,18). The van der Waals surface area contributed by atoms with Gasteiger partial charge in [0.1, 0.15) is 0 Å². The molecule has 0 radical (unpaired) electrons. The van der Waals surface area contributed by atoms with Crippen LogP contribution >= 0.6 is 15.9 Å². The van der Waals surface area contributed by atoms with E-state index in [1.165, 1.54) is 30.5 Å². The van der Waals surface area contributed by atoms with Gasteiger partial charge in [0.25, 0.3) is 5.91 Å². The molecule has 0 saturated heterocycles. The van der Waals surface area contributed by atoms with Crippen LogP contribution in [0.1, 0.15) is 10.6 Å². The molecule has 2 aromatic rings. The summed E-state index contributed by atoms with van der Waals surface area (Å²) in [6.45, 7) is 0. The molecule has 0 aliphatic heterocycles. The maximum atomic E-state index is 12.3. The number of hydrogen-bond acceptors (Lipinski definition) is 3. The second kappa shape index (κ2) is 5.58. The summed E-state index contributed by atoms with van der Waals surface area (Å²) in [5, 5.41) is 2.28. The number of carbonyl (C=O) groups excluding carboxylic acids is 1. The van der Waals surface area contributed by atoms with Crippen molar-refractivity contribution in [3.05, 3.63) is 46.8 Å². The first-order chi connectivity index (χ1) is 9.35. The second-order valence-electron chi connectivity index (χ2n) is 3.62. The third-order valence-corrected chi connectivity index (χ3v) is 2.66. The molecule has 1 N–H and O–H groups in total. The first-order valence-electron chi connectivity index (χ1n) is 5.25. The molecule has 1 aromatic heterocycles. The molecule has 0 fully saturated rings. The Morgan fingerprint density at radius 2 is 2.05 bits per heavy atom. The molecule has 8 heteroatoms. The molecule has 1 aromatic carbocycles. The van der Waals surface area contributed by atoms with E-state index >= 15 is 0 Å². The van der Waals surface area contributed by atoms with Gasteiger partial charge in [0, 0.05) is 4.47 Å². The summed E-state index contributed by atoms with van der Waals surface area (Å²) >= 11 is 3.03. The number of ether oxygens (including phenoxy) is 1. The highest BCUT2D eigenvalue weighted by molar-refractivity contribution is 9.10. The third kappa shape index (κ3) is 3.77. The van der Waals surface area contributed by atoms with Crippen LogP contribution in [0.2, 0.25) is 0 Å². The Balaban J connectivity index is 2.25. The summed E-state index contributed by atoms with van der Waals surface area (Å²) in [5.74, 6) is -1.22. The van der Waals surface area contributed by atoms with E-state index in [4.69, 9.17) is 4.42 Å². The molecule has 0 spiro atoms. The largest absolute Gasteiger partial charge is 0.573 e. The van der Waals surface area contributed by atoms with E-state index in [1.807, 2.05) is 0 Å². The predicted molar refractivity (Wildman–Crippen MR) is 67.5 cm³/mol. The molecule has 1 heterocycles. The van der Waals surface area contributed by atoms with Crippen LogP contribution in [0.4, 0.5) is 18.9 Å². The monoisotopic (exact) mass is 349 g/mol. The van der Waals surface area contributed by atoms with E-state index in [0.717, 1.165) is 6.07 Å². The highest BCUT2D eigenvalue weighted by Crippen LogP contribution is 2.33. The van der Waals surface area contributed by atoms with Crippen LogP contribution in [0.5, 0.6) is 5.75 Å². The van der Waals surface area contributed by atoms with Crippen molar-refractivity contribution < 1.29 is 27.1 Å². The van der Waals surface area contributed by atoms with Crippen molar-refractivity contribution >= 4 is 27.5 Å². The van der Waals surface area contributed by atoms with Crippen molar-refractivity contribution in [2.45, 2.75) is 6.36 Å². The maximum Gasteiger partial charge on any atom is 0.573 e. The van der Waals surface area contributed by atoms with Crippen molar-refractivity contribution in [2.24, 2.45) is 0 Å². The van der Waals surface area contributed by atoms with Gasteiger partial charge in [-0.25, -0.2) is 0 Å². The van der Waals surface area contributed by atoms with Crippen LogP contribution in [0.3, 0.4) is 0 Å². The summed E-state index contributed by atoms with van der Waals surface area (Å²) in [4.78, 5) is 11.7. The van der Waals surface area contributed by atoms with Crippen molar-refractivity contribution in [1.82, 2.24) is 0 Å². The van der Waals surface area contributed by atoms with Crippen LogP contribution in [0.25, 0.3) is 0 Å². The van der Waals surface area contributed by atoms with E-state index in [9.17, 15) is 18.0 Å². The molecule has 0 aliphatic rings. The van der Waals surface area contributed by atoms with Crippen LogP contribution in [0, 0.1) is 0 Å². The zero-order valence-electron chi connectivity index (χ0n) is 9.70. The maximum absolute atomic E-state index is 12.3. The number of amides is 1. The summed E-state index contributed by atoms with van der Waals surface area (Å²) < 4.78 is 46.0. The van der Waals surface area contributed by atoms with Crippen molar-refractivity contribution in [3.63, 3.8) is 0 Å². The summed E-state index contributed by atoms with van der Waals surface area (Å²) in [6.07, 6.45) is -3.57. The Morgan fingerprint density at radius 1 is 1.30 bits per heavy atom. The van der Waals surface area contributed by atoms with E-state index in [0.29, 0.717) is 4.47 Å². The van der Waals surface area contributed by atoms with Gasteiger partial charge in [-0.1, -0.05) is 15.9 Å². The molecule has 0 saturated carbocycles. The number of furan rings is 1. The molecule has 0 unspecified atom stereocenters. The number of rotatable bonds is 3. The third-order valence-electron chi connectivity index (χ3n) is 2.16. The minimum absolute atomic E-state index is 0.0223. The number of alkyl halides is 3. The van der Waals surface area contributed by atoms with E-state index < -0.39 is 18.0 Å². The first-order valence-corrected chi connectivity index (χ1v) is 6.04. The molecule has 20 heavy (non-hydrogen) atoms. The molecule has 4 nitrogen and oxygen atoms in total. The zero-order valence-corrected chi connectivity index (χ0v) is 11.3. The van der Waals surface area contributed by atoms with Gasteiger partial charge >= 0.3 is 6.36 Å². The van der Waals surface area contributed by atoms with Crippen LogP contribution in [0.15, 0.2) is 45.5 Å². The van der Waals surface area contributed by atoms with Crippen molar-refractivity contribution in [2.75, 3.05) is 5.32 Å². The molecule has 1 amide bonds. The lowest BCUT2D eigenvalue weighted by Gasteiger charge is -2.13. The Labute approximate surface area is 119 Å². The predicted octanol–water partition coefficient (Wildman–Crippen LogP) is 4.19. The highest BCUT2D eigenvalue weighted by Gasteiger charge is 2.32. The number of anilines is 1. The second-order valence-corrected chi connectivity index (χ2v) is 4.54. The number of carbonyl (C=O) groups is 1. The van der Waals surface area contributed by atoms with Gasteiger partial charge in [-0.15, -0.1) is 13.2 Å². The van der Waals surface area contributed by atoms with Crippen LogP contribution in [-0.2, 0) is 0 Å². The summed E-state index contributed by atoms with van der Waals surface area (Å²) in [5.41, 5.74) is -0.119. The van der Waals surface area contributed by atoms with Crippen LogP contribution in [-0.4, -0.2) is 12.3 Å². The highest BCUT2D eigenvalue weighted by atomic mass is 79.9. The lowest BCUT2D eigenvalue weighted by molar-refractivity contribution is -0.274. The van der Waals surface area contributed by atoms with Gasteiger partial charge < -0.3 is 14.5 Å². The topological polar surface area (TPSA) is 51.5 Å². The molecule has 2 rings (SSSR count).